The van der Waals surface area contributed by atoms with Crippen LogP contribution in [0.25, 0.3) is 0 Å². The average molecular weight is 241 g/mol. The van der Waals surface area contributed by atoms with Crippen LogP contribution in [0.15, 0.2) is 18.2 Å². The lowest BCUT2D eigenvalue weighted by molar-refractivity contribution is -0.136. The minimum Gasteiger partial charge on any atom is -0.480 e. The molecule has 2 rings (SSSR count). The minimum absolute atomic E-state index is 0.0595. The van der Waals surface area contributed by atoms with Crippen LogP contribution in [0.4, 0.5) is 11.4 Å². The Morgan fingerprint density at radius 1 is 1.56 bits per heavy atom. The van der Waals surface area contributed by atoms with Crippen LogP contribution < -0.4 is 10.2 Å². The molecular formula is C10H9ClN2O3. The van der Waals surface area contributed by atoms with E-state index in [4.69, 9.17) is 16.7 Å². The van der Waals surface area contributed by atoms with Crippen molar-refractivity contribution in [2.24, 2.45) is 0 Å². The van der Waals surface area contributed by atoms with Crippen molar-refractivity contribution in [1.29, 1.82) is 0 Å². The summed E-state index contributed by atoms with van der Waals surface area (Å²) in [7, 11) is 0. The molecule has 16 heavy (non-hydrogen) atoms. The van der Waals surface area contributed by atoms with Gasteiger partial charge in [0.15, 0.2) is 0 Å². The summed E-state index contributed by atoms with van der Waals surface area (Å²) in [6.45, 7) is -0.294. The van der Waals surface area contributed by atoms with Crippen molar-refractivity contribution in [3.63, 3.8) is 0 Å². The molecule has 0 unspecified atom stereocenters. The van der Waals surface area contributed by atoms with Gasteiger partial charge in [-0.05, 0) is 12.1 Å². The van der Waals surface area contributed by atoms with Crippen molar-refractivity contribution in [2.45, 2.75) is 0 Å². The zero-order chi connectivity index (χ0) is 11.7. The maximum Gasteiger partial charge on any atom is 0.323 e. The van der Waals surface area contributed by atoms with E-state index in [-0.39, 0.29) is 19.0 Å². The Morgan fingerprint density at radius 2 is 2.31 bits per heavy atom. The number of carbonyl (C=O) groups excluding carboxylic acids is 1. The van der Waals surface area contributed by atoms with Gasteiger partial charge >= 0.3 is 5.97 Å². The number of nitrogens with one attached hydrogen (secondary N) is 1. The highest BCUT2D eigenvalue weighted by molar-refractivity contribution is 6.34. The Balaban J connectivity index is 2.44. The van der Waals surface area contributed by atoms with Crippen LogP contribution in [0.3, 0.4) is 0 Å². The Hall–Kier alpha value is -1.75. The van der Waals surface area contributed by atoms with Gasteiger partial charge in [0.1, 0.15) is 6.54 Å². The first-order valence-electron chi connectivity index (χ1n) is 4.64. The van der Waals surface area contributed by atoms with E-state index >= 15 is 0 Å². The molecule has 1 amide bonds. The molecule has 0 atom stereocenters. The predicted molar refractivity (Wildman–Crippen MR) is 59.9 cm³/mol. The van der Waals surface area contributed by atoms with E-state index in [1.165, 1.54) is 4.90 Å². The number of nitrogens with zero attached hydrogens (tertiary/aromatic N) is 1. The van der Waals surface area contributed by atoms with Crippen molar-refractivity contribution in [3.05, 3.63) is 23.2 Å². The van der Waals surface area contributed by atoms with Crippen molar-refractivity contribution in [1.82, 2.24) is 0 Å². The molecule has 0 bridgehead atoms. The summed E-state index contributed by atoms with van der Waals surface area (Å²) in [5.74, 6) is -1.33. The lowest BCUT2D eigenvalue weighted by Crippen LogP contribution is -2.42. The molecule has 0 saturated carbocycles. The second kappa shape index (κ2) is 4.02. The maximum atomic E-state index is 11.6. The van der Waals surface area contributed by atoms with E-state index in [0.29, 0.717) is 16.4 Å². The molecule has 6 heteroatoms. The normalized spacial score (nSPS) is 14.3. The van der Waals surface area contributed by atoms with Crippen LogP contribution in [-0.4, -0.2) is 30.1 Å². The molecule has 0 fully saturated rings. The molecule has 1 aliphatic rings. The zero-order valence-corrected chi connectivity index (χ0v) is 8.99. The van der Waals surface area contributed by atoms with E-state index in [1.807, 2.05) is 0 Å². The number of carboxylic acids is 1. The summed E-state index contributed by atoms with van der Waals surface area (Å²) in [4.78, 5) is 23.4. The molecule has 1 aromatic carbocycles. The highest BCUT2D eigenvalue weighted by atomic mass is 35.5. The molecule has 0 spiro atoms. The van der Waals surface area contributed by atoms with E-state index in [2.05, 4.69) is 5.32 Å². The third kappa shape index (κ3) is 1.81. The van der Waals surface area contributed by atoms with Crippen molar-refractivity contribution >= 4 is 34.9 Å². The van der Waals surface area contributed by atoms with Crippen LogP contribution in [0, 0.1) is 0 Å². The Morgan fingerprint density at radius 3 is 3.00 bits per heavy atom. The minimum atomic E-state index is -1.05. The number of halogens is 1. The van der Waals surface area contributed by atoms with Gasteiger partial charge in [-0.25, -0.2) is 0 Å². The highest BCUT2D eigenvalue weighted by Crippen LogP contribution is 2.35. The Labute approximate surface area is 96.6 Å². The molecule has 0 aliphatic carbocycles. The number of benzene rings is 1. The molecule has 0 radical (unpaired) electrons. The van der Waals surface area contributed by atoms with Gasteiger partial charge in [0.2, 0.25) is 5.91 Å². The summed E-state index contributed by atoms with van der Waals surface area (Å²) >= 11 is 5.94. The van der Waals surface area contributed by atoms with Gasteiger partial charge in [0.25, 0.3) is 0 Å². The standard InChI is InChI=1S/C10H9ClN2O3/c11-6-2-1-3-7-10(6)12-4-8(14)13(7)5-9(15)16/h1-3,12H,4-5H2,(H,15,16). The topological polar surface area (TPSA) is 69.6 Å². The number of amides is 1. The maximum absolute atomic E-state index is 11.6. The van der Waals surface area contributed by atoms with Crippen LogP contribution in [0.1, 0.15) is 0 Å². The molecule has 1 aromatic rings. The van der Waals surface area contributed by atoms with Gasteiger partial charge in [0.05, 0.1) is 22.9 Å². The van der Waals surface area contributed by atoms with E-state index < -0.39 is 5.97 Å². The van der Waals surface area contributed by atoms with E-state index in [1.54, 1.807) is 18.2 Å². The number of anilines is 2. The number of hydrogen-bond acceptors (Lipinski definition) is 3. The fourth-order valence-electron chi connectivity index (χ4n) is 1.62. The van der Waals surface area contributed by atoms with Gasteiger partial charge in [-0.3, -0.25) is 14.5 Å². The predicted octanol–water partition coefficient (Wildman–Crippen LogP) is 1.18. The van der Waals surface area contributed by atoms with Crippen LogP contribution in [-0.2, 0) is 9.59 Å². The quantitative estimate of drug-likeness (QED) is 0.815. The van der Waals surface area contributed by atoms with Crippen molar-refractivity contribution < 1.29 is 14.7 Å². The third-order valence-corrected chi connectivity index (χ3v) is 2.61. The highest BCUT2D eigenvalue weighted by Gasteiger charge is 2.26. The van der Waals surface area contributed by atoms with Gasteiger partial charge in [-0.15, -0.1) is 0 Å². The lowest BCUT2D eigenvalue weighted by atomic mass is 10.2. The van der Waals surface area contributed by atoms with Gasteiger partial charge in [0, 0.05) is 0 Å². The third-order valence-electron chi connectivity index (χ3n) is 2.29. The van der Waals surface area contributed by atoms with E-state index in [9.17, 15) is 9.59 Å². The van der Waals surface area contributed by atoms with Crippen LogP contribution >= 0.6 is 11.6 Å². The number of para-hydroxylation sites is 1. The molecule has 1 aliphatic heterocycles. The molecule has 84 valence electrons. The monoisotopic (exact) mass is 240 g/mol. The molecule has 5 nitrogen and oxygen atoms in total. The SMILES string of the molecule is O=C(O)CN1C(=O)CNc2c(Cl)cccc21. The van der Waals surface area contributed by atoms with Crippen molar-refractivity contribution in [3.8, 4) is 0 Å². The summed E-state index contributed by atoms with van der Waals surface area (Å²) in [5.41, 5.74) is 1.11. The Kier molecular flexibility index (Phi) is 2.70. The van der Waals surface area contributed by atoms with Gasteiger partial charge < -0.3 is 10.4 Å². The second-order valence-electron chi connectivity index (χ2n) is 3.36. The number of carbonyl (C=O) groups is 2. The zero-order valence-electron chi connectivity index (χ0n) is 8.24. The number of aliphatic carboxylic acids is 1. The first-order chi connectivity index (χ1) is 7.59. The van der Waals surface area contributed by atoms with E-state index in [0.717, 1.165) is 0 Å². The number of fused-ring (bicyclic) bond motifs is 1. The number of carboxylic acid groups (broad SMARTS) is 1. The molecule has 0 saturated heterocycles. The lowest BCUT2D eigenvalue weighted by Gasteiger charge is -2.29. The van der Waals surface area contributed by atoms with Gasteiger partial charge in [-0.2, -0.15) is 0 Å². The average Bonchev–Trinajstić information content (AvgIpc) is 2.22. The molecule has 2 N–H and O–H groups in total. The fourth-order valence-corrected chi connectivity index (χ4v) is 1.85. The van der Waals surface area contributed by atoms with Crippen LogP contribution in [0.2, 0.25) is 5.02 Å². The van der Waals surface area contributed by atoms with Crippen molar-refractivity contribution in [2.75, 3.05) is 23.3 Å². The summed E-state index contributed by atoms with van der Waals surface area (Å²) in [6, 6.07) is 5.02. The number of hydrogen-bond donors (Lipinski definition) is 2. The summed E-state index contributed by atoms with van der Waals surface area (Å²) < 4.78 is 0. The smallest absolute Gasteiger partial charge is 0.323 e. The molecule has 0 aromatic heterocycles. The number of rotatable bonds is 2. The Bertz CT molecular complexity index is 461. The second-order valence-corrected chi connectivity index (χ2v) is 3.77. The summed E-state index contributed by atoms with van der Waals surface area (Å²) in [5, 5.41) is 12.1. The molecular weight excluding hydrogens is 232 g/mol. The molecule has 1 heterocycles. The summed E-state index contributed by atoms with van der Waals surface area (Å²) in [6.07, 6.45) is 0. The first kappa shape index (κ1) is 10.8. The first-order valence-corrected chi connectivity index (χ1v) is 5.02. The van der Waals surface area contributed by atoms with Gasteiger partial charge in [-0.1, -0.05) is 17.7 Å². The largest absolute Gasteiger partial charge is 0.480 e. The van der Waals surface area contributed by atoms with Crippen LogP contribution in [0.5, 0.6) is 0 Å². The fraction of sp³-hybridized carbons (Fsp3) is 0.200.